The highest BCUT2D eigenvalue weighted by atomic mass is 17.2. The van der Waals surface area contributed by atoms with Crippen molar-refractivity contribution in [3.8, 4) is 0 Å². The minimum absolute atomic E-state index is 0.207. The molecule has 1 saturated heterocycles. The lowest BCUT2D eigenvalue weighted by Crippen LogP contribution is -2.42. The molecule has 4 nitrogen and oxygen atoms in total. The molecule has 0 spiro atoms. The van der Waals surface area contributed by atoms with Gasteiger partial charge in [-0.1, -0.05) is 0 Å². The van der Waals surface area contributed by atoms with Gasteiger partial charge in [0.25, 0.3) is 0 Å². The summed E-state index contributed by atoms with van der Waals surface area (Å²) in [6.45, 7) is 0.927. The summed E-state index contributed by atoms with van der Waals surface area (Å²) in [7, 11) is 0. The smallest absolute Gasteiger partial charge is 0.131 e. The van der Waals surface area contributed by atoms with Gasteiger partial charge in [0.2, 0.25) is 0 Å². The van der Waals surface area contributed by atoms with Crippen LogP contribution in [0.3, 0.4) is 0 Å². The van der Waals surface area contributed by atoms with Crippen LogP contribution < -0.4 is 10.6 Å². The largest absolute Gasteiger partial charge is 0.345 e. The minimum Gasteiger partial charge on any atom is -0.345 e. The first-order valence-electron chi connectivity index (χ1n) is 4.41. The zero-order valence-electron chi connectivity index (χ0n) is 6.75. The van der Waals surface area contributed by atoms with Crippen molar-refractivity contribution in [2.45, 2.75) is 31.0 Å². The predicted octanol–water partition coefficient (Wildman–Crippen LogP) is -0.118. The molecule has 2 N–H and O–H groups in total. The van der Waals surface area contributed by atoms with Crippen molar-refractivity contribution in [2.24, 2.45) is 0 Å². The Kier molecular flexibility index (Phi) is 1.41. The molecule has 0 aromatic heterocycles. The summed E-state index contributed by atoms with van der Waals surface area (Å²) in [5, 5.41) is 6.81. The first-order chi connectivity index (χ1) is 5.93. The molecule has 0 radical (unpaired) electrons. The molecule has 0 bridgehead atoms. The van der Waals surface area contributed by atoms with Gasteiger partial charge in [-0.15, -0.1) is 0 Å². The molecule has 3 atom stereocenters. The monoisotopic (exact) mass is 168 g/mol. The van der Waals surface area contributed by atoms with Gasteiger partial charge in [-0.2, -0.15) is 4.89 Å². The lowest BCUT2D eigenvalue weighted by molar-refractivity contribution is -0.256. The molecule has 0 amide bonds. The van der Waals surface area contributed by atoms with E-state index in [1.54, 1.807) is 6.26 Å². The molecular formula is C8H12N2O2. The molecule has 12 heavy (non-hydrogen) atoms. The molecule has 3 rings (SSSR count). The first kappa shape index (κ1) is 6.88. The average Bonchev–Trinajstić information content (AvgIpc) is 2.64. The lowest BCUT2D eigenvalue weighted by atomic mass is 9.86. The Morgan fingerprint density at radius 3 is 3.25 bits per heavy atom. The van der Waals surface area contributed by atoms with E-state index in [0.717, 1.165) is 19.5 Å². The van der Waals surface area contributed by atoms with Crippen LogP contribution >= 0.6 is 0 Å². The molecule has 2 heterocycles. The Labute approximate surface area is 70.8 Å². The number of nitrogens with one attached hydrogen (secondary N) is 2. The van der Waals surface area contributed by atoms with Gasteiger partial charge in [0.1, 0.15) is 12.4 Å². The van der Waals surface area contributed by atoms with Gasteiger partial charge in [0.15, 0.2) is 0 Å². The highest BCUT2D eigenvalue weighted by Crippen LogP contribution is 2.32. The molecule has 1 saturated carbocycles. The minimum atomic E-state index is 0.207. The SMILES string of the molecule is C1=C2CC3NCNC3CC2OO1. The third-order valence-electron chi connectivity index (χ3n) is 2.92. The van der Waals surface area contributed by atoms with Crippen LogP contribution in [0.5, 0.6) is 0 Å². The summed E-state index contributed by atoms with van der Waals surface area (Å²) in [6, 6.07) is 1.15. The van der Waals surface area contributed by atoms with Crippen molar-refractivity contribution in [3.05, 3.63) is 11.8 Å². The van der Waals surface area contributed by atoms with Crippen LogP contribution in [-0.4, -0.2) is 24.9 Å². The van der Waals surface area contributed by atoms with E-state index < -0.39 is 0 Å². The van der Waals surface area contributed by atoms with E-state index >= 15 is 0 Å². The Bertz CT molecular complexity index is 229. The molecule has 2 aliphatic heterocycles. The zero-order chi connectivity index (χ0) is 7.97. The van der Waals surface area contributed by atoms with Crippen LogP contribution in [0.4, 0.5) is 0 Å². The highest BCUT2D eigenvalue weighted by molar-refractivity contribution is 5.17. The molecule has 66 valence electrons. The van der Waals surface area contributed by atoms with Gasteiger partial charge in [-0.3, -0.25) is 10.6 Å². The predicted molar refractivity (Wildman–Crippen MR) is 42.0 cm³/mol. The number of fused-ring (bicyclic) bond motifs is 2. The van der Waals surface area contributed by atoms with E-state index in [0.29, 0.717) is 12.1 Å². The maximum absolute atomic E-state index is 5.10. The quantitative estimate of drug-likeness (QED) is 0.495. The topological polar surface area (TPSA) is 42.5 Å². The Balaban J connectivity index is 1.82. The van der Waals surface area contributed by atoms with E-state index in [1.165, 1.54) is 5.57 Å². The van der Waals surface area contributed by atoms with E-state index in [2.05, 4.69) is 10.6 Å². The summed E-state index contributed by atoms with van der Waals surface area (Å²) < 4.78 is 0. The summed E-state index contributed by atoms with van der Waals surface area (Å²) in [5.74, 6) is 0. The fourth-order valence-corrected chi connectivity index (χ4v) is 2.22. The summed E-state index contributed by atoms with van der Waals surface area (Å²) in [4.78, 5) is 9.94. The number of rotatable bonds is 0. The molecule has 1 aliphatic carbocycles. The second kappa shape index (κ2) is 2.45. The van der Waals surface area contributed by atoms with Gasteiger partial charge >= 0.3 is 0 Å². The highest BCUT2D eigenvalue weighted by Gasteiger charge is 2.39. The van der Waals surface area contributed by atoms with E-state index in [9.17, 15) is 0 Å². The van der Waals surface area contributed by atoms with Crippen molar-refractivity contribution in [1.82, 2.24) is 10.6 Å². The first-order valence-corrected chi connectivity index (χ1v) is 4.41. The summed E-state index contributed by atoms with van der Waals surface area (Å²) in [6.07, 6.45) is 4.05. The van der Waals surface area contributed by atoms with E-state index in [-0.39, 0.29) is 6.10 Å². The maximum Gasteiger partial charge on any atom is 0.131 e. The normalized spacial score (nSPS) is 44.7. The van der Waals surface area contributed by atoms with Crippen LogP contribution in [0.1, 0.15) is 12.8 Å². The summed E-state index contributed by atoms with van der Waals surface area (Å²) in [5.41, 5.74) is 1.30. The molecule has 4 heteroatoms. The van der Waals surface area contributed by atoms with Gasteiger partial charge in [0, 0.05) is 24.3 Å². The fourth-order valence-electron chi connectivity index (χ4n) is 2.22. The third-order valence-corrected chi connectivity index (χ3v) is 2.92. The average molecular weight is 168 g/mol. The van der Waals surface area contributed by atoms with Crippen molar-refractivity contribution in [2.75, 3.05) is 6.67 Å². The van der Waals surface area contributed by atoms with Crippen LogP contribution in [-0.2, 0) is 9.78 Å². The van der Waals surface area contributed by atoms with Crippen LogP contribution in [0.25, 0.3) is 0 Å². The fraction of sp³-hybridized carbons (Fsp3) is 0.750. The van der Waals surface area contributed by atoms with Gasteiger partial charge in [-0.05, 0) is 12.8 Å². The third kappa shape index (κ3) is 0.888. The van der Waals surface area contributed by atoms with E-state index in [4.69, 9.17) is 9.78 Å². The van der Waals surface area contributed by atoms with Crippen molar-refractivity contribution >= 4 is 0 Å². The van der Waals surface area contributed by atoms with Crippen LogP contribution in [0.2, 0.25) is 0 Å². The van der Waals surface area contributed by atoms with Crippen LogP contribution in [0, 0.1) is 0 Å². The van der Waals surface area contributed by atoms with Gasteiger partial charge in [0.05, 0.1) is 0 Å². The lowest BCUT2D eigenvalue weighted by Gasteiger charge is -2.28. The Hall–Kier alpha value is -0.580. The standard InChI is InChI=1S/C8H12N2O2/c1-5-3-11-12-8(5)2-7-6(1)9-4-10-7/h3,6-10H,1-2,4H2. The van der Waals surface area contributed by atoms with Gasteiger partial charge < -0.3 is 4.89 Å². The number of hydrogen-bond acceptors (Lipinski definition) is 4. The molecular weight excluding hydrogens is 156 g/mol. The second-order valence-corrected chi connectivity index (χ2v) is 3.61. The zero-order valence-corrected chi connectivity index (χ0v) is 6.75. The molecule has 0 aromatic rings. The van der Waals surface area contributed by atoms with E-state index in [1.807, 2.05) is 0 Å². The van der Waals surface area contributed by atoms with Crippen molar-refractivity contribution < 1.29 is 9.78 Å². The van der Waals surface area contributed by atoms with Crippen LogP contribution in [0.15, 0.2) is 11.8 Å². The number of hydrogen-bond donors (Lipinski definition) is 2. The molecule has 2 fully saturated rings. The molecule has 0 aromatic carbocycles. The maximum atomic E-state index is 5.10. The molecule has 3 unspecified atom stereocenters. The van der Waals surface area contributed by atoms with Crippen molar-refractivity contribution in [1.29, 1.82) is 0 Å². The van der Waals surface area contributed by atoms with Crippen molar-refractivity contribution in [3.63, 3.8) is 0 Å². The molecule has 3 aliphatic rings. The second-order valence-electron chi connectivity index (χ2n) is 3.61. The Morgan fingerprint density at radius 1 is 1.33 bits per heavy atom. The Morgan fingerprint density at radius 2 is 2.25 bits per heavy atom. The summed E-state index contributed by atoms with van der Waals surface area (Å²) >= 11 is 0. The van der Waals surface area contributed by atoms with Gasteiger partial charge in [-0.25, -0.2) is 0 Å².